The third-order valence-corrected chi connectivity index (χ3v) is 4.79. The normalized spacial score (nSPS) is 21.9. The Morgan fingerprint density at radius 3 is 2.53 bits per heavy atom. The average molecular weight is 259 g/mol. The van der Waals surface area contributed by atoms with Gasteiger partial charge in [0.15, 0.2) is 0 Å². The van der Waals surface area contributed by atoms with Crippen molar-refractivity contribution in [3.63, 3.8) is 0 Å². The third-order valence-electron chi connectivity index (χ3n) is 4.79. The SMILES string of the molecule is CNC(c1ccc2c(c1)COC2)C1CCCCCC1. The highest BCUT2D eigenvalue weighted by atomic mass is 16.5. The molecule has 104 valence electrons. The van der Waals surface area contributed by atoms with Gasteiger partial charge in [-0.2, -0.15) is 0 Å². The van der Waals surface area contributed by atoms with E-state index in [2.05, 4.69) is 30.6 Å². The van der Waals surface area contributed by atoms with E-state index in [4.69, 9.17) is 4.74 Å². The lowest BCUT2D eigenvalue weighted by molar-refractivity contribution is 0.134. The van der Waals surface area contributed by atoms with E-state index in [1.807, 2.05) is 0 Å². The van der Waals surface area contributed by atoms with Crippen molar-refractivity contribution in [1.82, 2.24) is 5.32 Å². The minimum absolute atomic E-state index is 0.518. The molecule has 3 rings (SSSR count). The van der Waals surface area contributed by atoms with Crippen molar-refractivity contribution < 1.29 is 4.74 Å². The van der Waals surface area contributed by atoms with Gasteiger partial charge in [0, 0.05) is 6.04 Å². The smallest absolute Gasteiger partial charge is 0.0725 e. The number of hydrogen-bond donors (Lipinski definition) is 1. The molecule has 0 amide bonds. The van der Waals surface area contributed by atoms with Crippen LogP contribution in [0.2, 0.25) is 0 Å². The van der Waals surface area contributed by atoms with Gasteiger partial charge in [0.05, 0.1) is 13.2 Å². The number of ether oxygens (including phenoxy) is 1. The Morgan fingerprint density at radius 2 is 1.79 bits per heavy atom. The number of nitrogens with one attached hydrogen (secondary N) is 1. The van der Waals surface area contributed by atoms with Crippen molar-refractivity contribution in [2.24, 2.45) is 5.92 Å². The second-order valence-corrected chi connectivity index (χ2v) is 6.04. The van der Waals surface area contributed by atoms with Gasteiger partial charge in [-0.25, -0.2) is 0 Å². The first-order valence-corrected chi connectivity index (χ1v) is 7.75. The lowest BCUT2D eigenvalue weighted by atomic mass is 9.86. The fourth-order valence-electron chi connectivity index (χ4n) is 3.70. The van der Waals surface area contributed by atoms with Gasteiger partial charge in [0.2, 0.25) is 0 Å². The van der Waals surface area contributed by atoms with Crippen LogP contribution in [0.3, 0.4) is 0 Å². The minimum Gasteiger partial charge on any atom is -0.372 e. The summed E-state index contributed by atoms with van der Waals surface area (Å²) in [4.78, 5) is 0. The van der Waals surface area contributed by atoms with Crippen LogP contribution in [0, 0.1) is 5.92 Å². The summed E-state index contributed by atoms with van der Waals surface area (Å²) in [6, 6.07) is 7.45. The Morgan fingerprint density at radius 1 is 1.05 bits per heavy atom. The van der Waals surface area contributed by atoms with Crippen LogP contribution in [0.5, 0.6) is 0 Å². The fraction of sp³-hybridized carbons (Fsp3) is 0.647. The quantitative estimate of drug-likeness (QED) is 0.830. The van der Waals surface area contributed by atoms with E-state index in [1.54, 1.807) is 0 Å². The van der Waals surface area contributed by atoms with Gasteiger partial charge in [0.1, 0.15) is 0 Å². The predicted octanol–water partition coefficient (Wildman–Crippen LogP) is 3.95. The second kappa shape index (κ2) is 6.06. The van der Waals surface area contributed by atoms with E-state index in [9.17, 15) is 0 Å². The highest BCUT2D eigenvalue weighted by Gasteiger charge is 2.24. The summed E-state index contributed by atoms with van der Waals surface area (Å²) in [5, 5.41) is 3.57. The van der Waals surface area contributed by atoms with Crippen molar-refractivity contribution in [2.45, 2.75) is 57.8 Å². The van der Waals surface area contributed by atoms with Crippen molar-refractivity contribution in [2.75, 3.05) is 7.05 Å². The molecule has 1 aliphatic carbocycles. The van der Waals surface area contributed by atoms with Gasteiger partial charge in [0.25, 0.3) is 0 Å². The molecule has 0 saturated heterocycles. The number of benzene rings is 1. The highest BCUT2D eigenvalue weighted by molar-refractivity contribution is 5.34. The first-order chi connectivity index (χ1) is 9.38. The van der Waals surface area contributed by atoms with Crippen LogP contribution in [0.15, 0.2) is 18.2 Å². The summed E-state index contributed by atoms with van der Waals surface area (Å²) in [5.74, 6) is 0.799. The van der Waals surface area contributed by atoms with Crippen LogP contribution in [-0.2, 0) is 18.0 Å². The monoisotopic (exact) mass is 259 g/mol. The van der Waals surface area contributed by atoms with Gasteiger partial charge in [-0.05, 0) is 42.5 Å². The summed E-state index contributed by atoms with van der Waals surface area (Å²) >= 11 is 0. The van der Waals surface area contributed by atoms with E-state index in [0.717, 1.165) is 19.1 Å². The van der Waals surface area contributed by atoms with Crippen LogP contribution >= 0.6 is 0 Å². The molecule has 1 N–H and O–H groups in total. The Hall–Kier alpha value is -0.860. The van der Waals surface area contributed by atoms with Gasteiger partial charge in [-0.15, -0.1) is 0 Å². The van der Waals surface area contributed by atoms with E-state index < -0.39 is 0 Å². The second-order valence-electron chi connectivity index (χ2n) is 6.04. The van der Waals surface area contributed by atoms with Crippen molar-refractivity contribution >= 4 is 0 Å². The zero-order chi connectivity index (χ0) is 13.1. The number of rotatable bonds is 3. The molecule has 2 nitrogen and oxygen atoms in total. The molecule has 0 aromatic heterocycles. The van der Waals surface area contributed by atoms with Crippen LogP contribution in [-0.4, -0.2) is 7.05 Å². The number of fused-ring (bicyclic) bond motifs is 1. The van der Waals surface area contributed by atoms with Gasteiger partial charge in [-0.1, -0.05) is 43.9 Å². The summed E-state index contributed by atoms with van der Waals surface area (Å²) in [5.41, 5.74) is 4.23. The summed E-state index contributed by atoms with van der Waals surface area (Å²) in [6.45, 7) is 1.59. The zero-order valence-electron chi connectivity index (χ0n) is 12.0. The molecule has 2 heteroatoms. The molecule has 1 heterocycles. The predicted molar refractivity (Wildman–Crippen MR) is 77.9 cm³/mol. The maximum Gasteiger partial charge on any atom is 0.0725 e. The molecule has 0 radical (unpaired) electrons. The lowest BCUT2D eigenvalue weighted by Gasteiger charge is -2.26. The third kappa shape index (κ3) is 2.85. The summed E-state index contributed by atoms with van der Waals surface area (Å²) in [6.07, 6.45) is 8.39. The van der Waals surface area contributed by atoms with Gasteiger partial charge in [-0.3, -0.25) is 0 Å². The molecule has 0 bridgehead atoms. The Balaban J connectivity index is 1.80. The maximum atomic E-state index is 5.53. The van der Waals surface area contributed by atoms with Gasteiger partial charge >= 0.3 is 0 Å². The fourth-order valence-corrected chi connectivity index (χ4v) is 3.70. The molecule has 19 heavy (non-hydrogen) atoms. The number of hydrogen-bond acceptors (Lipinski definition) is 2. The largest absolute Gasteiger partial charge is 0.372 e. The summed E-state index contributed by atoms with van der Waals surface area (Å²) in [7, 11) is 2.11. The Bertz CT molecular complexity index is 421. The van der Waals surface area contributed by atoms with Crippen LogP contribution in [0.1, 0.15) is 61.3 Å². The molecule has 0 spiro atoms. The molecule has 1 saturated carbocycles. The molecular weight excluding hydrogens is 234 g/mol. The standard InChI is InChI=1S/C17H25NO/c1-18-17(13-6-4-2-3-5-7-13)14-8-9-15-11-19-12-16(15)10-14/h8-10,13,17-18H,2-7,11-12H2,1H3. The molecule has 1 aromatic carbocycles. The zero-order valence-corrected chi connectivity index (χ0v) is 12.0. The molecule has 1 atom stereocenters. The maximum absolute atomic E-state index is 5.53. The van der Waals surface area contributed by atoms with Gasteiger partial charge < -0.3 is 10.1 Å². The van der Waals surface area contributed by atoms with E-state index >= 15 is 0 Å². The highest BCUT2D eigenvalue weighted by Crippen LogP contribution is 2.34. The van der Waals surface area contributed by atoms with Crippen molar-refractivity contribution in [1.29, 1.82) is 0 Å². The minimum atomic E-state index is 0.518. The van der Waals surface area contributed by atoms with Crippen molar-refractivity contribution in [3.8, 4) is 0 Å². The van der Waals surface area contributed by atoms with Crippen molar-refractivity contribution in [3.05, 3.63) is 34.9 Å². The van der Waals surface area contributed by atoms with E-state index in [-0.39, 0.29) is 0 Å². The summed E-state index contributed by atoms with van der Waals surface area (Å²) < 4.78 is 5.53. The molecule has 1 unspecified atom stereocenters. The Kier molecular flexibility index (Phi) is 4.19. The molecule has 1 fully saturated rings. The van der Waals surface area contributed by atoms with Crippen LogP contribution in [0.25, 0.3) is 0 Å². The first-order valence-electron chi connectivity index (χ1n) is 7.75. The van der Waals surface area contributed by atoms with E-state index in [1.165, 1.54) is 55.2 Å². The first kappa shape index (κ1) is 13.1. The topological polar surface area (TPSA) is 21.3 Å². The average Bonchev–Trinajstić information content (AvgIpc) is 2.74. The molecule has 1 aromatic rings. The molecule has 1 aliphatic heterocycles. The molecule has 2 aliphatic rings. The molecular formula is C17H25NO. The Labute approximate surface area is 116 Å². The van der Waals surface area contributed by atoms with Crippen LogP contribution in [0.4, 0.5) is 0 Å². The lowest BCUT2D eigenvalue weighted by Crippen LogP contribution is -2.25. The van der Waals surface area contributed by atoms with E-state index in [0.29, 0.717) is 6.04 Å². The van der Waals surface area contributed by atoms with Crippen LogP contribution < -0.4 is 5.32 Å².